The number of rotatable bonds is 1. The summed E-state index contributed by atoms with van der Waals surface area (Å²) in [5.41, 5.74) is 0. The lowest BCUT2D eigenvalue weighted by atomic mass is 9.76. The minimum Gasteiger partial charge on any atom is -0.347 e. The summed E-state index contributed by atoms with van der Waals surface area (Å²) in [4.78, 5) is 0. The van der Waals surface area contributed by atoms with Crippen LogP contribution in [0.4, 0.5) is 0 Å². The van der Waals surface area contributed by atoms with Crippen molar-refractivity contribution in [1.82, 2.24) is 0 Å². The summed E-state index contributed by atoms with van der Waals surface area (Å²) in [5.74, 6) is 0.560. The summed E-state index contributed by atoms with van der Waals surface area (Å²) in [6.45, 7) is 3.81. The average Bonchev–Trinajstić information content (AvgIpc) is 2.35. The van der Waals surface area contributed by atoms with E-state index in [4.69, 9.17) is 9.47 Å². The highest BCUT2D eigenvalue weighted by atomic mass is 16.7. The van der Waals surface area contributed by atoms with Crippen LogP contribution >= 0.6 is 0 Å². The first-order valence-corrected chi connectivity index (χ1v) is 4.15. The predicted octanol–water partition coefficient (Wildman–Crippen LogP) is 1.55. The van der Waals surface area contributed by atoms with Crippen LogP contribution in [-0.4, -0.2) is 19.0 Å². The van der Waals surface area contributed by atoms with Crippen LogP contribution in [-0.2, 0) is 9.47 Å². The van der Waals surface area contributed by atoms with Crippen LogP contribution in [0.15, 0.2) is 0 Å². The van der Waals surface area contributed by atoms with Gasteiger partial charge in [-0.1, -0.05) is 6.92 Å². The molecule has 1 spiro atoms. The largest absolute Gasteiger partial charge is 0.347 e. The molecule has 2 rings (SSSR count). The molecule has 0 aromatic carbocycles. The normalized spacial score (nSPS) is 36.3. The lowest BCUT2D eigenvalue weighted by Gasteiger charge is -2.44. The van der Waals surface area contributed by atoms with Gasteiger partial charge >= 0.3 is 0 Å². The standard InChI is InChI=1S/C8H14O2/c1-2-7-3-4-8(7)9-5-6-10-8/h7H,2-6H2,1H3/t7-/m1/s1. The fourth-order valence-corrected chi connectivity index (χ4v) is 1.95. The SMILES string of the molecule is CC[C@@H]1CCC12OCCO2. The molecule has 1 heterocycles. The molecule has 0 aromatic rings. The summed E-state index contributed by atoms with van der Waals surface area (Å²) in [5, 5.41) is 0. The monoisotopic (exact) mass is 142 g/mol. The van der Waals surface area contributed by atoms with E-state index in [9.17, 15) is 0 Å². The average molecular weight is 142 g/mol. The van der Waals surface area contributed by atoms with Crippen LogP contribution < -0.4 is 0 Å². The third kappa shape index (κ3) is 0.722. The highest BCUT2D eigenvalue weighted by Crippen LogP contribution is 2.46. The van der Waals surface area contributed by atoms with Crippen molar-refractivity contribution in [3.05, 3.63) is 0 Å². The molecule has 0 aromatic heterocycles. The number of hydrogen-bond acceptors (Lipinski definition) is 2. The lowest BCUT2D eigenvalue weighted by molar-refractivity contribution is -0.248. The van der Waals surface area contributed by atoms with Gasteiger partial charge in [-0.15, -0.1) is 0 Å². The molecule has 0 radical (unpaired) electrons. The van der Waals surface area contributed by atoms with Gasteiger partial charge in [0, 0.05) is 12.3 Å². The Hall–Kier alpha value is -0.0800. The molecule has 0 N–H and O–H groups in total. The van der Waals surface area contributed by atoms with E-state index in [1.54, 1.807) is 0 Å². The Morgan fingerprint density at radius 3 is 2.50 bits per heavy atom. The zero-order chi connectivity index (χ0) is 7.03. The summed E-state index contributed by atoms with van der Waals surface area (Å²) < 4.78 is 11.1. The minimum atomic E-state index is -0.116. The van der Waals surface area contributed by atoms with Gasteiger partial charge in [0.1, 0.15) is 0 Å². The predicted molar refractivity (Wildman–Crippen MR) is 37.6 cm³/mol. The number of ether oxygens (including phenoxy) is 2. The Labute approximate surface area is 61.5 Å². The van der Waals surface area contributed by atoms with E-state index in [1.807, 2.05) is 0 Å². The van der Waals surface area contributed by atoms with Crippen LogP contribution in [0, 0.1) is 5.92 Å². The molecule has 1 saturated carbocycles. The lowest BCUT2D eigenvalue weighted by Crippen LogP contribution is -2.47. The fourth-order valence-electron chi connectivity index (χ4n) is 1.95. The van der Waals surface area contributed by atoms with Crippen molar-refractivity contribution in [1.29, 1.82) is 0 Å². The Bertz CT molecular complexity index is 125. The van der Waals surface area contributed by atoms with Gasteiger partial charge in [0.15, 0.2) is 5.79 Å². The van der Waals surface area contributed by atoms with Crippen molar-refractivity contribution in [2.45, 2.75) is 32.0 Å². The number of hydrogen-bond donors (Lipinski definition) is 0. The van der Waals surface area contributed by atoms with E-state index in [-0.39, 0.29) is 5.79 Å². The van der Waals surface area contributed by atoms with Crippen LogP contribution in [0.2, 0.25) is 0 Å². The molecular weight excluding hydrogens is 128 g/mol. The van der Waals surface area contributed by atoms with Crippen LogP contribution in [0.1, 0.15) is 26.2 Å². The van der Waals surface area contributed by atoms with E-state index in [1.165, 1.54) is 12.8 Å². The van der Waals surface area contributed by atoms with Gasteiger partial charge in [-0.2, -0.15) is 0 Å². The summed E-state index contributed by atoms with van der Waals surface area (Å²) in [6, 6.07) is 0. The molecule has 1 atom stereocenters. The molecule has 0 bridgehead atoms. The zero-order valence-corrected chi connectivity index (χ0v) is 6.43. The smallest absolute Gasteiger partial charge is 0.171 e. The fraction of sp³-hybridized carbons (Fsp3) is 1.00. The van der Waals surface area contributed by atoms with Crippen molar-refractivity contribution in [2.75, 3.05) is 13.2 Å². The van der Waals surface area contributed by atoms with E-state index >= 15 is 0 Å². The molecule has 1 aliphatic carbocycles. The summed E-state index contributed by atoms with van der Waals surface area (Å²) in [7, 11) is 0. The molecule has 2 fully saturated rings. The second-order valence-electron chi connectivity index (χ2n) is 3.15. The van der Waals surface area contributed by atoms with Crippen LogP contribution in [0.3, 0.4) is 0 Å². The van der Waals surface area contributed by atoms with E-state index in [0.29, 0.717) is 5.92 Å². The minimum absolute atomic E-state index is 0.116. The van der Waals surface area contributed by atoms with Crippen molar-refractivity contribution in [3.63, 3.8) is 0 Å². The van der Waals surface area contributed by atoms with Crippen molar-refractivity contribution in [2.24, 2.45) is 5.92 Å². The molecule has 0 amide bonds. The molecule has 2 nitrogen and oxygen atoms in total. The highest BCUT2D eigenvalue weighted by molar-refractivity contribution is 4.91. The van der Waals surface area contributed by atoms with E-state index in [0.717, 1.165) is 19.6 Å². The maximum Gasteiger partial charge on any atom is 0.171 e. The highest BCUT2D eigenvalue weighted by Gasteiger charge is 2.50. The Morgan fingerprint density at radius 1 is 1.40 bits per heavy atom. The third-order valence-corrected chi connectivity index (χ3v) is 2.73. The first-order valence-electron chi connectivity index (χ1n) is 4.15. The zero-order valence-electron chi connectivity index (χ0n) is 6.43. The van der Waals surface area contributed by atoms with Gasteiger partial charge in [0.2, 0.25) is 0 Å². The molecule has 58 valence electrons. The third-order valence-electron chi connectivity index (χ3n) is 2.73. The Balaban J connectivity index is 2.01. The molecule has 2 heteroatoms. The van der Waals surface area contributed by atoms with Gasteiger partial charge in [-0.05, 0) is 12.8 Å². The maximum absolute atomic E-state index is 5.56. The van der Waals surface area contributed by atoms with Gasteiger partial charge in [0.05, 0.1) is 13.2 Å². The first kappa shape index (κ1) is 6.62. The van der Waals surface area contributed by atoms with Crippen molar-refractivity contribution in [3.8, 4) is 0 Å². The van der Waals surface area contributed by atoms with Gasteiger partial charge in [0.25, 0.3) is 0 Å². The van der Waals surface area contributed by atoms with Crippen molar-refractivity contribution >= 4 is 0 Å². The quantitative estimate of drug-likeness (QED) is 0.553. The van der Waals surface area contributed by atoms with Gasteiger partial charge in [-0.25, -0.2) is 0 Å². The molecule has 1 aliphatic heterocycles. The maximum atomic E-state index is 5.56. The second-order valence-corrected chi connectivity index (χ2v) is 3.15. The van der Waals surface area contributed by atoms with E-state index in [2.05, 4.69) is 6.92 Å². The van der Waals surface area contributed by atoms with Crippen LogP contribution in [0.5, 0.6) is 0 Å². The molecule has 2 aliphatic rings. The Kier molecular flexibility index (Phi) is 1.46. The van der Waals surface area contributed by atoms with Gasteiger partial charge < -0.3 is 9.47 Å². The Morgan fingerprint density at radius 2 is 2.10 bits per heavy atom. The van der Waals surface area contributed by atoms with Crippen molar-refractivity contribution < 1.29 is 9.47 Å². The molecular formula is C8H14O2. The first-order chi connectivity index (χ1) is 4.87. The van der Waals surface area contributed by atoms with E-state index < -0.39 is 0 Å². The van der Waals surface area contributed by atoms with Gasteiger partial charge in [-0.3, -0.25) is 0 Å². The topological polar surface area (TPSA) is 18.5 Å². The summed E-state index contributed by atoms with van der Waals surface area (Å²) >= 11 is 0. The molecule has 10 heavy (non-hydrogen) atoms. The second kappa shape index (κ2) is 2.21. The molecule has 1 saturated heterocycles. The molecule has 0 unspecified atom stereocenters. The summed E-state index contributed by atoms with van der Waals surface area (Å²) in [6.07, 6.45) is 3.60. The van der Waals surface area contributed by atoms with Crippen LogP contribution in [0.25, 0.3) is 0 Å².